The minimum atomic E-state index is 0. The molecule has 0 saturated carbocycles. The summed E-state index contributed by atoms with van der Waals surface area (Å²) in [6, 6.07) is 18.6. The van der Waals surface area contributed by atoms with Crippen molar-refractivity contribution in [3.05, 3.63) is 81.9 Å². The van der Waals surface area contributed by atoms with Crippen LogP contribution < -0.4 is 0 Å². The van der Waals surface area contributed by atoms with Crippen molar-refractivity contribution in [3.63, 3.8) is 0 Å². The van der Waals surface area contributed by atoms with Crippen molar-refractivity contribution >= 4 is 21.5 Å². The summed E-state index contributed by atoms with van der Waals surface area (Å²) in [5, 5.41) is 5.66. The summed E-state index contributed by atoms with van der Waals surface area (Å²) in [6.45, 7) is 11.2. The van der Waals surface area contributed by atoms with E-state index in [1.807, 2.05) is 0 Å². The topological polar surface area (TPSA) is 0 Å². The number of fused-ring (bicyclic) bond motifs is 2. The molecule has 4 aromatic carbocycles. The molecule has 4 rings (SSSR count). The van der Waals surface area contributed by atoms with E-state index in [1.165, 1.54) is 54.9 Å². The summed E-state index contributed by atoms with van der Waals surface area (Å²) < 4.78 is 0. The van der Waals surface area contributed by atoms with E-state index < -0.39 is 0 Å². The third-order valence-corrected chi connectivity index (χ3v) is 5.90. The second-order valence-corrected chi connectivity index (χ2v) is 7.59. The first-order valence-electron chi connectivity index (χ1n) is 9.32. The zero-order valence-electron chi connectivity index (χ0n) is 16.5. The predicted octanol–water partition coefficient (Wildman–Crippen LogP) is 7.20. The molecule has 0 aromatic heterocycles. The SMILES string of the molecule is CCC(c1cc2c(C)ccc(C)c2[cH-]1)c1cc2c(C)ccc(C)c2[cH-]1.[Y]. The number of aryl methyl sites for hydroxylation is 4. The quantitative estimate of drug-likeness (QED) is 0.310. The molecule has 1 radical (unpaired) electrons. The summed E-state index contributed by atoms with van der Waals surface area (Å²) in [4.78, 5) is 0. The van der Waals surface area contributed by atoms with Gasteiger partial charge in [0.2, 0.25) is 0 Å². The maximum absolute atomic E-state index is 2.42. The Balaban J connectivity index is 0.00000196. The van der Waals surface area contributed by atoms with Crippen LogP contribution in [0.5, 0.6) is 0 Å². The average Bonchev–Trinajstić information content (AvgIpc) is 3.22. The van der Waals surface area contributed by atoms with Gasteiger partial charge in [-0.3, -0.25) is 0 Å². The van der Waals surface area contributed by atoms with Crippen LogP contribution in [0.15, 0.2) is 48.5 Å². The molecule has 1 heteroatoms. The maximum Gasteiger partial charge on any atom is 0 e. The van der Waals surface area contributed by atoms with Gasteiger partial charge in [0.15, 0.2) is 0 Å². The van der Waals surface area contributed by atoms with E-state index in [0.29, 0.717) is 5.92 Å². The fourth-order valence-corrected chi connectivity index (χ4v) is 4.29. The Morgan fingerprint density at radius 1 is 0.692 bits per heavy atom. The summed E-state index contributed by atoms with van der Waals surface area (Å²) in [6.07, 6.45) is 1.13. The Bertz CT molecular complexity index is 911. The average molecular weight is 415 g/mol. The first-order chi connectivity index (χ1) is 12.0. The molecule has 26 heavy (non-hydrogen) atoms. The zero-order valence-corrected chi connectivity index (χ0v) is 19.3. The maximum atomic E-state index is 2.42. The van der Waals surface area contributed by atoms with Crippen LogP contribution in [0, 0.1) is 27.7 Å². The molecular formula is C25H26Y-2. The number of hydrogen-bond donors (Lipinski definition) is 0. The zero-order chi connectivity index (χ0) is 17.7. The molecule has 0 atom stereocenters. The fraction of sp³-hybridized carbons (Fsp3) is 0.280. The van der Waals surface area contributed by atoms with E-state index >= 15 is 0 Å². The molecule has 0 spiro atoms. The number of rotatable bonds is 3. The smallest absolute Gasteiger partial charge is 0 e. The molecular weight excluding hydrogens is 389 g/mol. The minimum absolute atomic E-state index is 0. The normalized spacial score (nSPS) is 11.5. The Labute approximate surface area is 182 Å². The third kappa shape index (κ3) is 3.12. The third-order valence-electron chi connectivity index (χ3n) is 5.90. The second kappa shape index (κ2) is 7.41. The largest absolute Gasteiger partial charge is 0.164 e. The monoisotopic (exact) mass is 415 g/mol. The van der Waals surface area contributed by atoms with Crippen molar-refractivity contribution in [2.45, 2.75) is 47.0 Å². The van der Waals surface area contributed by atoms with Gasteiger partial charge in [0.1, 0.15) is 0 Å². The molecule has 0 amide bonds. The van der Waals surface area contributed by atoms with Gasteiger partial charge in [0.05, 0.1) is 0 Å². The molecule has 0 aliphatic rings. The number of hydrogen-bond acceptors (Lipinski definition) is 0. The summed E-state index contributed by atoms with van der Waals surface area (Å²) in [5.74, 6) is 0.470. The van der Waals surface area contributed by atoms with E-state index in [2.05, 4.69) is 83.1 Å². The van der Waals surface area contributed by atoms with Crippen LogP contribution in [0.3, 0.4) is 0 Å². The van der Waals surface area contributed by atoms with Gasteiger partial charge in [-0.05, 0) is 26.2 Å². The molecule has 0 fully saturated rings. The summed E-state index contributed by atoms with van der Waals surface area (Å²) in [5.41, 5.74) is 8.42. The summed E-state index contributed by atoms with van der Waals surface area (Å²) >= 11 is 0. The van der Waals surface area contributed by atoms with Gasteiger partial charge in [0.25, 0.3) is 0 Å². The molecule has 0 N–H and O–H groups in total. The van der Waals surface area contributed by atoms with Crippen LogP contribution in [-0.2, 0) is 32.7 Å². The van der Waals surface area contributed by atoms with Gasteiger partial charge in [-0.25, -0.2) is 0 Å². The van der Waals surface area contributed by atoms with E-state index in [-0.39, 0.29) is 32.7 Å². The van der Waals surface area contributed by atoms with Crippen molar-refractivity contribution in [1.82, 2.24) is 0 Å². The van der Waals surface area contributed by atoms with E-state index in [4.69, 9.17) is 0 Å². The number of benzene rings is 2. The Morgan fingerprint density at radius 2 is 1.08 bits per heavy atom. The van der Waals surface area contributed by atoms with Crippen LogP contribution in [-0.4, -0.2) is 0 Å². The Kier molecular flexibility index (Phi) is 5.56. The first-order valence-corrected chi connectivity index (χ1v) is 9.32. The summed E-state index contributed by atoms with van der Waals surface area (Å²) in [7, 11) is 0. The van der Waals surface area contributed by atoms with Crippen molar-refractivity contribution < 1.29 is 32.7 Å². The minimum Gasteiger partial charge on any atom is -0.164 e. The molecule has 0 bridgehead atoms. The van der Waals surface area contributed by atoms with Crippen LogP contribution in [0.25, 0.3) is 21.5 Å². The van der Waals surface area contributed by atoms with Gasteiger partial charge in [0, 0.05) is 32.7 Å². The molecule has 0 heterocycles. The predicted molar refractivity (Wildman–Crippen MR) is 110 cm³/mol. The molecule has 0 aliphatic heterocycles. The van der Waals surface area contributed by atoms with Gasteiger partial charge in [-0.1, -0.05) is 44.0 Å². The van der Waals surface area contributed by atoms with Gasteiger partial charge >= 0.3 is 0 Å². The standard InChI is InChI=1S/C25H26.Y/c1-6-21(19-11-22-15(2)7-8-16(3)23(22)12-19)20-13-24-17(4)9-10-18(5)25(24)14-20;/h7-14,21H,6H2,1-5H3;/q-2;. The van der Waals surface area contributed by atoms with Gasteiger partial charge < -0.3 is 0 Å². The fourth-order valence-electron chi connectivity index (χ4n) is 4.29. The van der Waals surface area contributed by atoms with Crippen molar-refractivity contribution in [1.29, 1.82) is 0 Å². The molecule has 0 nitrogen and oxygen atoms in total. The van der Waals surface area contributed by atoms with Crippen LogP contribution in [0.4, 0.5) is 0 Å². The van der Waals surface area contributed by atoms with Gasteiger partial charge in [-0.15, -0.1) is 68.1 Å². The first kappa shape index (κ1) is 19.5. The second-order valence-electron chi connectivity index (χ2n) is 7.59. The van der Waals surface area contributed by atoms with Crippen molar-refractivity contribution in [3.8, 4) is 0 Å². The molecule has 0 unspecified atom stereocenters. The molecule has 4 aromatic rings. The van der Waals surface area contributed by atoms with Crippen molar-refractivity contribution in [2.75, 3.05) is 0 Å². The van der Waals surface area contributed by atoms with Crippen LogP contribution in [0.1, 0.15) is 52.6 Å². The molecule has 0 saturated heterocycles. The van der Waals surface area contributed by atoms with E-state index in [9.17, 15) is 0 Å². The molecule has 131 valence electrons. The van der Waals surface area contributed by atoms with Crippen LogP contribution in [0.2, 0.25) is 0 Å². The molecule has 0 aliphatic carbocycles. The Morgan fingerprint density at radius 3 is 1.42 bits per heavy atom. The van der Waals surface area contributed by atoms with E-state index in [0.717, 1.165) is 6.42 Å². The van der Waals surface area contributed by atoms with E-state index in [1.54, 1.807) is 0 Å². The van der Waals surface area contributed by atoms with Crippen LogP contribution >= 0.6 is 0 Å². The Hall–Kier alpha value is -1.24. The van der Waals surface area contributed by atoms with Gasteiger partial charge in [-0.2, -0.15) is 12.1 Å². The van der Waals surface area contributed by atoms with Crippen molar-refractivity contribution in [2.24, 2.45) is 0 Å².